The van der Waals surface area contributed by atoms with E-state index in [1.54, 1.807) is 21.8 Å². The highest BCUT2D eigenvalue weighted by atomic mass is 19.1. The van der Waals surface area contributed by atoms with E-state index >= 15 is 4.39 Å². The van der Waals surface area contributed by atoms with E-state index in [0.717, 1.165) is 48.0 Å². The standard InChI is InChI=1S/C28H46B10FN3O4/c1-15-5-4-6-21(23(15)28(37,38)42(14-45)22(12-43)25(31,32)24(29,30)13-44)40-26(33,34)19-8-7-18(9-20(19)39)27(35,36)41-10-16(2)46-17(3)11-41/h4-9,12-14,16-17,22,40H,10-11,29-38H2,1-3H3. The summed E-state index contributed by atoms with van der Waals surface area (Å²) in [6, 6.07) is 10.4. The molecule has 0 aromatic heterocycles. The molecule has 1 aliphatic rings. The maximum Gasteiger partial charge on any atom is 0.209 e. The van der Waals surface area contributed by atoms with Gasteiger partial charge in [-0.2, -0.15) is 0 Å². The second kappa shape index (κ2) is 13.6. The topological polar surface area (TPSA) is 79.0 Å². The molecule has 0 radical (unpaired) electrons. The molecule has 1 aliphatic heterocycles. The molecule has 234 valence electrons. The quantitative estimate of drug-likeness (QED) is 0.179. The van der Waals surface area contributed by atoms with Crippen molar-refractivity contribution in [2.75, 3.05) is 18.4 Å². The lowest BCUT2D eigenvalue weighted by Crippen LogP contribution is -2.60. The Morgan fingerprint density at radius 1 is 0.957 bits per heavy atom. The molecule has 1 amide bonds. The van der Waals surface area contributed by atoms with Crippen LogP contribution in [-0.2, 0) is 35.1 Å². The van der Waals surface area contributed by atoms with E-state index in [1.165, 1.54) is 4.90 Å². The first-order valence-corrected chi connectivity index (χ1v) is 16.3. The van der Waals surface area contributed by atoms with Gasteiger partial charge >= 0.3 is 0 Å². The summed E-state index contributed by atoms with van der Waals surface area (Å²) >= 11 is 0. The highest BCUT2D eigenvalue weighted by molar-refractivity contribution is 6.60. The fourth-order valence-electron chi connectivity index (χ4n) is 7.00. The molecule has 0 spiro atoms. The predicted molar refractivity (Wildman–Crippen MR) is 212 cm³/mol. The molecule has 7 nitrogen and oxygen atoms in total. The molecule has 0 saturated carbocycles. The average Bonchev–Trinajstić information content (AvgIpc) is 2.94. The number of rotatable bonds is 13. The number of hydrogen-bond acceptors (Lipinski definition) is 6. The minimum Gasteiger partial charge on any atom is -0.391 e. The molecule has 46 heavy (non-hydrogen) atoms. The Morgan fingerprint density at radius 2 is 1.54 bits per heavy atom. The number of aldehydes is 2. The first-order valence-electron chi connectivity index (χ1n) is 16.3. The van der Waals surface area contributed by atoms with Crippen LogP contribution in [0.3, 0.4) is 0 Å². The van der Waals surface area contributed by atoms with Gasteiger partial charge in [0, 0.05) is 29.5 Å². The van der Waals surface area contributed by atoms with Crippen molar-refractivity contribution >= 4 is 103 Å². The Morgan fingerprint density at radius 3 is 2.04 bits per heavy atom. The van der Waals surface area contributed by atoms with Crippen molar-refractivity contribution in [2.24, 2.45) is 0 Å². The second-order valence-electron chi connectivity index (χ2n) is 15.9. The van der Waals surface area contributed by atoms with Gasteiger partial charge in [0.15, 0.2) is 0 Å². The lowest BCUT2D eigenvalue weighted by Gasteiger charge is -2.51. The van der Waals surface area contributed by atoms with Gasteiger partial charge in [-0.1, -0.05) is 29.5 Å². The van der Waals surface area contributed by atoms with Crippen LogP contribution in [0, 0.1) is 12.7 Å². The number of halogens is 1. The zero-order valence-corrected chi connectivity index (χ0v) is 30.2. The summed E-state index contributed by atoms with van der Waals surface area (Å²) in [6.07, 6.45) is 2.49. The normalized spacial score (nSPS) is 19.1. The number of benzene rings is 2. The Kier molecular flexibility index (Phi) is 11.2. The highest BCUT2D eigenvalue weighted by Gasteiger charge is 2.48. The second-order valence-corrected chi connectivity index (χ2v) is 15.9. The lowest BCUT2D eigenvalue weighted by molar-refractivity contribution is -0.128. The fraction of sp³-hybridized carbons (Fsp3) is 0.464. The molecular formula is C28H46B10FN3O4. The van der Waals surface area contributed by atoms with E-state index in [2.05, 4.69) is 39.8 Å². The molecule has 1 heterocycles. The molecule has 1 N–H and O–H groups in total. The zero-order chi connectivity index (χ0) is 35.0. The zero-order valence-electron chi connectivity index (χ0n) is 30.2. The molecule has 2 aromatic rings. The smallest absolute Gasteiger partial charge is 0.209 e. The van der Waals surface area contributed by atoms with Crippen LogP contribution in [0.4, 0.5) is 10.1 Å². The molecule has 0 aliphatic carbocycles. The number of aryl methyl sites for hydroxylation is 1. The Bertz CT molecular complexity index is 1450. The molecular weight excluding hydrogens is 569 g/mol. The minimum atomic E-state index is -0.980. The van der Waals surface area contributed by atoms with Gasteiger partial charge in [-0.15, -0.1) is 0 Å². The van der Waals surface area contributed by atoms with Crippen LogP contribution in [0.25, 0.3) is 0 Å². The van der Waals surface area contributed by atoms with Crippen molar-refractivity contribution in [3.05, 3.63) is 64.5 Å². The van der Waals surface area contributed by atoms with Crippen molar-refractivity contribution in [1.82, 2.24) is 9.80 Å². The van der Waals surface area contributed by atoms with E-state index in [1.807, 2.05) is 84.3 Å². The summed E-state index contributed by atoms with van der Waals surface area (Å²) < 4.78 is 22.1. The van der Waals surface area contributed by atoms with Crippen LogP contribution < -0.4 is 5.32 Å². The van der Waals surface area contributed by atoms with Crippen molar-refractivity contribution in [3.8, 4) is 0 Å². The summed E-state index contributed by atoms with van der Waals surface area (Å²) in [5, 5.41) is -0.394. The van der Waals surface area contributed by atoms with Crippen LogP contribution in [0.15, 0.2) is 36.4 Å². The molecule has 1 saturated heterocycles. The molecule has 0 bridgehead atoms. The van der Waals surface area contributed by atoms with Gasteiger partial charge in [0.25, 0.3) is 0 Å². The summed E-state index contributed by atoms with van der Waals surface area (Å²) in [5.41, 5.74) is 3.83. The SMILES string of the molecule is BC(B)(Nc1cccc(C)c1C(B)(B)N(C=O)C(C=O)C(B)(B)C(B)(B)C=O)c1ccc(C(B)(B)N2CC(C)OC(C)C2)cc1F. The van der Waals surface area contributed by atoms with E-state index in [0.29, 0.717) is 12.0 Å². The van der Waals surface area contributed by atoms with Crippen LogP contribution in [0.2, 0.25) is 10.4 Å². The van der Waals surface area contributed by atoms with E-state index in [9.17, 15) is 14.4 Å². The van der Waals surface area contributed by atoms with E-state index < -0.39 is 32.5 Å². The Labute approximate surface area is 284 Å². The molecule has 1 fully saturated rings. The Hall–Kier alpha value is -2.45. The van der Waals surface area contributed by atoms with Crippen LogP contribution in [0.5, 0.6) is 0 Å². The van der Waals surface area contributed by atoms with Crippen molar-refractivity contribution < 1.29 is 23.5 Å². The van der Waals surface area contributed by atoms with Crippen LogP contribution in [-0.4, -0.2) is 139 Å². The van der Waals surface area contributed by atoms with Crippen LogP contribution >= 0.6 is 0 Å². The van der Waals surface area contributed by atoms with E-state index in [-0.39, 0.29) is 18.0 Å². The maximum atomic E-state index is 16.1. The third-order valence-corrected chi connectivity index (χ3v) is 10.8. The molecule has 2 aromatic carbocycles. The predicted octanol–water partition coefficient (Wildman–Crippen LogP) is -6.53. The number of carbonyl (C=O) groups is 3. The van der Waals surface area contributed by atoms with Gasteiger partial charge in [0.2, 0.25) is 6.41 Å². The number of anilines is 1. The maximum absolute atomic E-state index is 16.1. The van der Waals surface area contributed by atoms with Crippen molar-refractivity contribution in [2.45, 2.75) is 65.5 Å². The Balaban J connectivity index is 2.03. The number of carbonyl (C=O) groups excluding carboxylic acids is 3. The summed E-state index contributed by atoms with van der Waals surface area (Å²) in [5.74, 6) is -0.306. The van der Waals surface area contributed by atoms with Gasteiger partial charge in [-0.3, -0.25) is 4.79 Å². The number of amides is 1. The lowest BCUT2D eigenvalue weighted by atomic mass is 9.28. The van der Waals surface area contributed by atoms with Gasteiger partial charge in [0.1, 0.15) is 96.9 Å². The largest absolute Gasteiger partial charge is 0.391 e. The first-order chi connectivity index (χ1) is 21.1. The summed E-state index contributed by atoms with van der Waals surface area (Å²) in [7, 11) is 19.1. The average molecular weight is 616 g/mol. The molecule has 3 rings (SSSR count). The fourth-order valence-corrected chi connectivity index (χ4v) is 7.00. The van der Waals surface area contributed by atoms with Gasteiger partial charge in [0.05, 0.1) is 18.2 Å². The number of nitrogens with one attached hydrogen (secondary N) is 1. The number of ether oxygens (including phenoxy) is 1. The number of morpholine rings is 1. The highest BCUT2D eigenvalue weighted by Crippen LogP contribution is 2.46. The van der Waals surface area contributed by atoms with Gasteiger partial charge in [-0.05, 0) is 65.7 Å². The summed E-state index contributed by atoms with van der Waals surface area (Å²) in [4.78, 5) is 41.4. The van der Waals surface area contributed by atoms with Gasteiger partial charge < -0.3 is 29.4 Å². The van der Waals surface area contributed by atoms with E-state index in [4.69, 9.17) is 4.74 Å². The monoisotopic (exact) mass is 617 g/mol. The molecule has 18 heteroatoms. The molecule has 3 atom stereocenters. The number of hydrogen-bond donors (Lipinski definition) is 1. The third kappa shape index (κ3) is 7.18. The van der Waals surface area contributed by atoms with Crippen LogP contribution in [0.1, 0.15) is 36.1 Å². The third-order valence-electron chi connectivity index (χ3n) is 10.8. The van der Waals surface area contributed by atoms with Crippen molar-refractivity contribution in [1.29, 1.82) is 0 Å². The van der Waals surface area contributed by atoms with Gasteiger partial charge in [-0.25, -0.2) is 4.39 Å². The number of nitrogens with zero attached hydrogens (tertiary/aromatic N) is 2. The summed E-state index contributed by atoms with van der Waals surface area (Å²) in [6.45, 7) is 7.63. The minimum absolute atomic E-state index is 0.0996. The molecule has 3 unspecified atom stereocenters. The van der Waals surface area contributed by atoms with Crippen molar-refractivity contribution in [3.63, 3.8) is 0 Å². The first kappa shape index (κ1) is 38.0.